The Morgan fingerprint density at radius 1 is 1.22 bits per heavy atom. The molecule has 0 atom stereocenters. The van der Waals surface area contributed by atoms with Crippen LogP contribution in [-0.4, -0.2) is 17.5 Å². The molecule has 0 saturated carbocycles. The lowest BCUT2D eigenvalue weighted by Crippen LogP contribution is -1.95. The number of carboxylic acid groups (broad SMARTS) is 1. The summed E-state index contributed by atoms with van der Waals surface area (Å²) in [6.07, 6.45) is 0. The van der Waals surface area contributed by atoms with Crippen LogP contribution in [0.5, 0.6) is 5.75 Å². The van der Waals surface area contributed by atoms with Crippen molar-refractivity contribution in [1.82, 2.24) is 0 Å². The van der Waals surface area contributed by atoms with Crippen LogP contribution >= 0.6 is 54.5 Å². The normalized spacial score (nSPS) is 10.3. The smallest absolute Gasteiger partial charge is 0.337 e. The number of carbonyl (C=O) groups excluding carboxylic acids is 1. The second-order valence-electron chi connectivity index (χ2n) is 3.06. The summed E-state index contributed by atoms with van der Waals surface area (Å²) in [5.74, 6) is -0.674. The van der Waals surface area contributed by atoms with E-state index in [0.29, 0.717) is 25.8 Å². The number of rotatable bonds is 4. The van der Waals surface area contributed by atoms with Crippen LogP contribution in [0.25, 0.3) is 9.75 Å². The predicted octanol–water partition coefficient (Wildman–Crippen LogP) is 4.24. The van der Waals surface area contributed by atoms with Crippen LogP contribution in [0.1, 0.15) is 10.4 Å². The molecule has 0 spiro atoms. The SMILES string of the molecule is O=COc1cc(Br)sc1-c1sc(Br)cc1C(=O)O. The summed E-state index contributed by atoms with van der Waals surface area (Å²) in [4.78, 5) is 22.8. The van der Waals surface area contributed by atoms with Crippen molar-refractivity contribution < 1.29 is 19.4 Å². The lowest BCUT2D eigenvalue weighted by atomic mass is 10.2. The van der Waals surface area contributed by atoms with Crippen molar-refractivity contribution >= 4 is 67.0 Å². The molecule has 2 aromatic rings. The van der Waals surface area contributed by atoms with Crippen LogP contribution in [0.2, 0.25) is 0 Å². The monoisotopic (exact) mass is 410 g/mol. The molecule has 0 unspecified atom stereocenters. The maximum Gasteiger partial charge on any atom is 0.337 e. The van der Waals surface area contributed by atoms with E-state index in [1.54, 1.807) is 6.07 Å². The minimum absolute atomic E-state index is 0.178. The molecule has 0 aliphatic heterocycles. The van der Waals surface area contributed by atoms with E-state index < -0.39 is 5.97 Å². The van der Waals surface area contributed by atoms with Gasteiger partial charge in [0.15, 0.2) is 5.75 Å². The first-order valence-corrected chi connectivity index (χ1v) is 7.67. The highest BCUT2D eigenvalue weighted by molar-refractivity contribution is 9.11. The first-order chi connectivity index (χ1) is 8.52. The van der Waals surface area contributed by atoms with Crippen molar-refractivity contribution in [2.45, 2.75) is 0 Å². The molecule has 4 nitrogen and oxygen atoms in total. The molecule has 94 valence electrons. The molecule has 2 rings (SSSR count). The summed E-state index contributed by atoms with van der Waals surface area (Å²) >= 11 is 9.13. The number of carbonyl (C=O) groups is 2. The van der Waals surface area contributed by atoms with Gasteiger partial charge in [-0.1, -0.05) is 0 Å². The third-order valence-electron chi connectivity index (χ3n) is 1.98. The average molecular weight is 412 g/mol. The molecule has 0 aromatic carbocycles. The van der Waals surface area contributed by atoms with Gasteiger partial charge in [-0.05, 0) is 37.9 Å². The van der Waals surface area contributed by atoms with Crippen molar-refractivity contribution in [1.29, 1.82) is 0 Å². The molecule has 0 amide bonds. The third-order valence-corrected chi connectivity index (χ3v) is 5.40. The zero-order chi connectivity index (χ0) is 13.3. The number of ether oxygens (including phenoxy) is 1. The van der Waals surface area contributed by atoms with Gasteiger partial charge in [-0.3, -0.25) is 4.79 Å². The molecule has 0 radical (unpaired) electrons. The summed E-state index contributed by atoms with van der Waals surface area (Å²) in [6, 6.07) is 3.16. The van der Waals surface area contributed by atoms with Gasteiger partial charge in [0.1, 0.15) is 0 Å². The molecular weight excluding hydrogens is 408 g/mol. The number of halogens is 2. The van der Waals surface area contributed by atoms with Crippen LogP contribution in [-0.2, 0) is 4.79 Å². The standard InChI is InChI=1S/C10H4Br2O4S2/c11-6-1-4(10(14)15)8(17-6)9-5(16-3-13)2-7(12)18-9/h1-3H,(H,14,15). The Balaban J connectivity index is 2.60. The summed E-state index contributed by atoms with van der Waals surface area (Å²) in [7, 11) is 0. The molecule has 2 aromatic heterocycles. The topological polar surface area (TPSA) is 63.6 Å². The van der Waals surface area contributed by atoms with Crippen molar-refractivity contribution in [2.24, 2.45) is 0 Å². The van der Waals surface area contributed by atoms with E-state index >= 15 is 0 Å². The predicted molar refractivity (Wildman–Crippen MR) is 76.7 cm³/mol. The fraction of sp³-hybridized carbons (Fsp3) is 0. The van der Waals surface area contributed by atoms with Crippen LogP contribution in [0.15, 0.2) is 19.7 Å². The van der Waals surface area contributed by atoms with E-state index in [2.05, 4.69) is 31.9 Å². The van der Waals surface area contributed by atoms with Gasteiger partial charge in [-0.2, -0.15) is 0 Å². The van der Waals surface area contributed by atoms with E-state index in [4.69, 9.17) is 9.84 Å². The van der Waals surface area contributed by atoms with Gasteiger partial charge >= 0.3 is 5.97 Å². The molecule has 0 fully saturated rings. The number of thiophene rings is 2. The van der Waals surface area contributed by atoms with Crippen LogP contribution < -0.4 is 4.74 Å². The quantitative estimate of drug-likeness (QED) is 0.764. The lowest BCUT2D eigenvalue weighted by Gasteiger charge is -1.99. The molecule has 0 saturated heterocycles. The molecule has 2 heterocycles. The van der Waals surface area contributed by atoms with Crippen molar-refractivity contribution in [2.75, 3.05) is 0 Å². The lowest BCUT2D eigenvalue weighted by molar-refractivity contribution is -0.120. The first kappa shape index (κ1) is 13.7. The Morgan fingerprint density at radius 2 is 1.83 bits per heavy atom. The molecule has 0 bridgehead atoms. The van der Waals surface area contributed by atoms with Crippen LogP contribution in [0, 0.1) is 0 Å². The number of aromatic carboxylic acids is 1. The molecule has 18 heavy (non-hydrogen) atoms. The van der Waals surface area contributed by atoms with Crippen molar-refractivity contribution in [3.05, 3.63) is 25.3 Å². The number of carboxylic acids is 1. The summed E-state index contributed by atoms with van der Waals surface area (Å²) in [6.45, 7) is 0.321. The minimum atomic E-state index is -1.02. The summed E-state index contributed by atoms with van der Waals surface area (Å²) in [5.41, 5.74) is 0.178. The van der Waals surface area contributed by atoms with Crippen molar-refractivity contribution in [3.8, 4) is 15.5 Å². The molecule has 0 aliphatic carbocycles. The van der Waals surface area contributed by atoms with E-state index in [1.807, 2.05) is 0 Å². The van der Waals surface area contributed by atoms with E-state index in [9.17, 15) is 9.59 Å². The zero-order valence-corrected chi connectivity index (χ0v) is 13.3. The Bertz CT molecular complexity index is 617. The fourth-order valence-corrected chi connectivity index (χ4v) is 4.58. The largest absolute Gasteiger partial charge is 0.478 e. The summed E-state index contributed by atoms with van der Waals surface area (Å²) in [5, 5.41) is 9.14. The Kier molecular flexibility index (Phi) is 4.21. The Morgan fingerprint density at radius 3 is 2.44 bits per heavy atom. The van der Waals surface area contributed by atoms with E-state index in [1.165, 1.54) is 28.7 Å². The van der Waals surface area contributed by atoms with E-state index in [0.717, 1.165) is 3.79 Å². The maximum absolute atomic E-state index is 11.2. The van der Waals surface area contributed by atoms with Gasteiger partial charge in [0.25, 0.3) is 6.47 Å². The highest BCUT2D eigenvalue weighted by atomic mass is 79.9. The molecular formula is C10H4Br2O4S2. The van der Waals surface area contributed by atoms with Gasteiger partial charge < -0.3 is 9.84 Å². The average Bonchev–Trinajstić information content (AvgIpc) is 2.82. The van der Waals surface area contributed by atoms with Gasteiger partial charge in [0, 0.05) is 6.07 Å². The third kappa shape index (κ3) is 2.66. The minimum Gasteiger partial charge on any atom is -0.478 e. The molecule has 1 N–H and O–H groups in total. The Hall–Kier alpha value is -0.700. The number of hydrogen-bond acceptors (Lipinski definition) is 5. The fourth-order valence-electron chi connectivity index (χ4n) is 1.33. The van der Waals surface area contributed by atoms with Gasteiger partial charge in [-0.15, -0.1) is 22.7 Å². The maximum atomic E-state index is 11.2. The highest BCUT2D eigenvalue weighted by Crippen LogP contribution is 2.46. The van der Waals surface area contributed by atoms with Crippen LogP contribution in [0.3, 0.4) is 0 Å². The molecule has 8 heteroatoms. The van der Waals surface area contributed by atoms with Gasteiger partial charge in [0.2, 0.25) is 0 Å². The highest BCUT2D eigenvalue weighted by Gasteiger charge is 2.21. The Labute approximate surface area is 126 Å². The van der Waals surface area contributed by atoms with Crippen LogP contribution in [0.4, 0.5) is 0 Å². The zero-order valence-electron chi connectivity index (χ0n) is 8.48. The van der Waals surface area contributed by atoms with Gasteiger partial charge in [0.05, 0.1) is 22.9 Å². The summed E-state index contributed by atoms with van der Waals surface area (Å²) < 4.78 is 6.32. The van der Waals surface area contributed by atoms with E-state index in [-0.39, 0.29) is 5.56 Å². The first-order valence-electron chi connectivity index (χ1n) is 4.45. The number of hydrogen-bond donors (Lipinski definition) is 1. The van der Waals surface area contributed by atoms with Gasteiger partial charge in [-0.25, -0.2) is 4.79 Å². The second kappa shape index (κ2) is 5.52. The van der Waals surface area contributed by atoms with Crippen molar-refractivity contribution in [3.63, 3.8) is 0 Å². The molecule has 0 aliphatic rings. The second-order valence-corrected chi connectivity index (χ2v) is 7.92.